The van der Waals surface area contributed by atoms with Crippen LogP contribution in [0.15, 0.2) is 0 Å². The lowest BCUT2D eigenvalue weighted by Crippen LogP contribution is -2.47. The maximum absolute atomic E-state index is 11.8. The molecule has 0 aromatic heterocycles. The molecule has 0 aromatic carbocycles. The number of aliphatic carboxylic acids is 1. The second kappa shape index (κ2) is 5.67. The second-order valence-electron chi connectivity index (χ2n) is 4.98. The van der Waals surface area contributed by atoms with Crippen molar-refractivity contribution in [2.24, 2.45) is 11.3 Å². The van der Waals surface area contributed by atoms with Crippen LogP contribution in [-0.2, 0) is 19.1 Å². The number of ether oxygens (including phenoxy) is 2. The van der Waals surface area contributed by atoms with Crippen LogP contribution in [0.2, 0.25) is 0 Å². The third-order valence-electron chi connectivity index (χ3n) is 3.81. The highest BCUT2D eigenvalue weighted by Crippen LogP contribution is 2.30. The minimum Gasteiger partial charge on any atom is -0.481 e. The molecule has 0 aliphatic carbocycles. The number of hydrogen-bond donors (Lipinski definition) is 2. The van der Waals surface area contributed by atoms with Gasteiger partial charge >= 0.3 is 5.97 Å². The van der Waals surface area contributed by atoms with E-state index >= 15 is 0 Å². The van der Waals surface area contributed by atoms with Gasteiger partial charge in [-0.2, -0.15) is 0 Å². The van der Waals surface area contributed by atoms with E-state index in [9.17, 15) is 14.7 Å². The summed E-state index contributed by atoms with van der Waals surface area (Å²) in [6.45, 7) is 2.11. The average molecular weight is 257 g/mol. The molecule has 2 N–H and O–H groups in total. The number of carbonyl (C=O) groups excluding carboxylic acids is 1. The molecule has 6 nitrogen and oxygen atoms in total. The molecule has 0 saturated carbocycles. The van der Waals surface area contributed by atoms with Gasteiger partial charge < -0.3 is 19.9 Å². The number of carboxylic acids is 1. The summed E-state index contributed by atoms with van der Waals surface area (Å²) in [4.78, 5) is 23.2. The highest BCUT2D eigenvalue weighted by atomic mass is 16.5. The fourth-order valence-corrected chi connectivity index (χ4v) is 2.37. The van der Waals surface area contributed by atoms with Gasteiger partial charge in [-0.05, 0) is 19.3 Å². The van der Waals surface area contributed by atoms with Crippen LogP contribution in [-0.4, -0.2) is 50.0 Å². The number of amides is 1. The van der Waals surface area contributed by atoms with Crippen molar-refractivity contribution in [3.8, 4) is 0 Å². The maximum atomic E-state index is 11.8. The lowest BCUT2D eigenvalue weighted by atomic mass is 9.80. The smallest absolute Gasteiger partial charge is 0.311 e. The molecule has 0 spiro atoms. The normalized spacial score (nSPS) is 26.8. The van der Waals surface area contributed by atoms with E-state index in [1.165, 1.54) is 0 Å². The summed E-state index contributed by atoms with van der Waals surface area (Å²) in [6, 6.07) is 0. The van der Waals surface area contributed by atoms with Gasteiger partial charge in [-0.3, -0.25) is 9.59 Å². The molecular formula is C12H19NO5. The third-order valence-corrected chi connectivity index (χ3v) is 3.81. The van der Waals surface area contributed by atoms with E-state index in [-0.39, 0.29) is 18.4 Å². The van der Waals surface area contributed by atoms with Crippen molar-refractivity contribution in [3.05, 3.63) is 0 Å². The van der Waals surface area contributed by atoms with Crippen molar-refractivity contribution >= 4 is 11.9 Å². The van der Waals surface area contributed by atoms with Gasteiger partial charge in [0.15, 0.2) is 0 Å². The van der Waals surface area contributed by atoms with Crippen molar-refractivity contribution < 1.29 is 24.2 Å². The van der Waals surface area contributed by atoms with Gasteiger partial charge in [0, 0.05) is 26.4 Å². The zero-order valence-electron chi connectivity index (χ0n) is 10.3. The molecule has 1 atom stereocenters. The van der Waals surface area contributed by atoms with E-state index < -0.39 is 11.4 Å². The Morgan fingerprint density at radius 2 is 1.94 bits per heavy atom. The summed E-state index contributed by atoms with van der Waals surface area (Å²) in [5.41, 5.74) is -0.868. The van der Waals surface area contributed by atoms with E-state index in [1.807, 2.05) is 0 Å². The first kappa shape index (κ1) is 13.3. The number of carboxylic acid groups (broad SMARTS) is 1. The quantitative estimate of drug-likeness (QED) is 0.741. The predicted octanol–water partition coefficient (Wildman–Crippen LogP) is 0.0205. The zero-order chi connectivity index (χ0) is 13.0. The number of hydrogen-bond acceptors (Lipinski definition) is 4. The van der Waals surface area contributed by atoms with Gasteiger partial charge in [0.1, 0.15) is 0 Å². The molecule has 102 valence electrons. The minimum absolute atomic E-state index is 0.0976. The number of carbonyl (C=O) groups is 2. The first-order valence-corrected chi connectivity index (χ1v) is 6.31. The molecule has 2 fully saturated rings. The molecule has 6 heteroatoms. The molecule has 1 amide bonds. The first-order valence-electron chi connectivity index (χ1n) is 6.31. The Labute approximate surface area is 106 Å². The van der Waals surface area contributed by atoms with E-state index in [4.69, 9.17) is 9.47 Å². The summed E-state index contributed by atoms with van der Waals surface area (Å²) in [6.07, 6.45) is 1.61. The fraction of sp³-hybridized carbons (Fsp3) is 0.833. The molecule has 0 aromatic rings. The highest BCUT2D eigenvalue weighted by Gasteiger charge is 2.41. The summed E-state index contributed by atoms with van der Waals surface area (Å²) < 4.78 is 10.3. The zero-order valence-corrected chi connectivity index (χ0v) is 10.3. The molecule has 1 unspecified atom stereocenters. The van der Waals surface area contributed by atoms with E-state index in [0.29, 0.717) is 39.3 Å². The van der Waals surface area contributed by atoms with Gasteiger partial charge in [-0.25, -0.2) is 0 Å². The molecule has 0 radical (unpaired) electrons. The van der Waals surface area contributed by atoms with Crippen molar-refractivity contribution in [3.63, 3.8) is 0 Å². The lowest BCUT2D eigenvalue weighted by molar-refractivity contribution is -0.154. The van der Waals surface area contributed by atoms with Crippen LogP contribution in [0, 0.1) is 11.3 Å². The Morgan fingerprint density at radius 1 is 1.22 bits per heavy atom. The van der Waals surface area contributed by atoms with Crippen LogP contribution in [0.1, 0.15) is 19.3 Å². The summed E-state index contributed by atoms with van der Waals surface area (Å²) in [5.74, 6) is -1.08. The van der Waals surface area contributed by atoms with E-state index in [0.717, 1.165) is 6.42 Å². The van der Waals surface area contributed by atoms with Crippen LogP contribution >= 0.6 is 0 Å². The highest BCUT2D eigenvalue weighted by molar-refractivity contribution is 5.81. The molecule has 2 heterocycles. The van der Waals surface area contributed by atoms with Crippen molar-refractivity contribution in [1.82, 2.24) is 5.32 Å². The molecule has 2 saturated heterocycles. The summed E-state index contributed by atoms with van der Waals surface area (Å²) in [5, 5.41) is 12.1. The molecule has 2 aliphatic heterocycles. The largest absolute Gasteiger partial charge is 0.481 e. The first-order chi connectivity index (χ1) is 8.64. The van der Waals surface area contributed by atoms with Crippen LogP contribution in [0.3, 0.4) is 0 Å². The van der Waals surface area contributed by atoms with E-state index in [2.05, 4.69) is 5.32 Å². The third kappa shape index (κ3) is 2.81. The minimum atomic E-state index is -0.868. The Hall–Kier alpha value is -1.14. The SMILES string of the molecule is O=C(NCC1(C(=O)O)CCOCC1)C1CCOC1. The standard InChI is InChI=1S/C12H19NO5/c14-10(9-1-4-18-7-9)13-8-12(11(15)16)2-5-17-6-3-12/h9H,1-8H2,(H,13,14)(H,15,16). The van der Waals surface area contributed by atoms with Crippen molar-refractivity contribution in [2.75, 3.05) is 33.0 Å². The van der Waals surface area contributed by atoms with Gasteiger partial charge in [0.05, 0.1) is 17.9 Å². The Morgan fingerprint density at radius 3 is 2.50 bits per heavy atom. The Kier molecular flexibility index (Phi) is 4.19. The summed E-state index contributed by atoms with van der Waals surface area (Å²) in [7, 11) is 0. The van der Waals surface area contributed by atoms with Crippen LogP contribution in [0.4, 0.5) is 0 Å². The molecule has 2 aliphatic rings. The van der Waals surface area contributed by atoms with Crippen LogP contribution in [0.25, 0.3) is 0 Å². The van der Waals surface area contributed by atoms with Gasteiger partial charge in [0.25, 0.3) is 0 Å². The van der Waals surface area contributed by atoms with Crippen LogP contribution in [0.5, 0.6) is 0 Å². The van der Waals surface area contributed by atoms with Crippen molar-refractivity contribution in [1.29, 1.82) is 0 Å². The van der Waals surface area contributed by atoms with Crippen LogP contribution < -0.4 is 5.32 Å². The monoisotopic (exact) mass is 257 g/mol. The Bertz CT molecular complexity index is 318. The molecule has 2 rings (SSSR count). The predicted molar refractivity (Wildman–Crippen MR) is 62.1 cm³/mol. The Balaban J connectivity index is 1.89. The van der Waals surface area contributed by atoms with E-state index in [1.54, 1.807) is 0 Å². The molecule has 18 heavy (non-hydrogen) atoms. The fourth-order valence-electron chi connectivity index (χ4n) is 2.37. The number of rotatable bonds is 4. The molecular weight excluding hydrogens is 238 g/mol. The topological polar surface area (TPSA) is 84.9 Å². The van der Waals surface area contributed by atoms with Gasteiger partial charge in [-0.1, -0.05) is 0 Å². The number of nitrogens with one attached hydrogen (secondary N) is 1. The average Bonchev–Trinajstić information content (AvgIpc) is 2.91. The molecule has 0 bridgehead atoms. The lowest BCUT2D eigenvalue weighted by Gasteiger charge is -2.33. The van der Waals surface area contributed by atoms with Crippen molar-refractivity contribution in [2.45, 2.75) is 19.3 Å². The van der Waals surface area contributed by atoms with Gasteiger partial charge in [0.2, 0.25) is 5.91 Å². The maximum Gasteiger partial charge on any atom is 0.311 e. The second-order valence-corrected chi connectivity index (χ2v) is 4.98. The van der Waals surface area contributed by atoms with Gasteiger partial charge in [-0.15, -0.1) is 0 Å². The summed E-state index contributed by atoms with van der Waals surface area (Å²) >= 11 is 0.